The number of benzene rings is 1. The molecular formula is C27H46O4. The number of carbonyl (C=O) groups is 1. The molecule has 0 unspecified atom stereocenters. The molecule has 0 atom stereocenters. The van der Waals surface area contributed by atoms with Crippen molar-refractivity contribution >= 4 is 5.97 Å². The van der Waals surface area contributed by atoms with Crippen molar-refractivity contribution in [3.05, 3.63) is 22.8 Å². The van der Waals surface area contributed by atoms with Crippen molar-refractivity contribution in [3.63, 3.8) is 0 Å². The van der Waals surface area contributed by atoms with E-state index in [1.165, 1.54) is 0 Å². The van der Waals surface area contributed by atoms with Crippen molar-refractivity contribution in [1.29, 1.82) is 0 Å². The number of rotatable bonds is 19. The molecule has 0 saturated carbocycles. The predicted octanol–water partition coefficient (Wildman–Crippen LogP) is 7.99. The Bertz CT molecular complexity index is 624. The van der Waals surface area contributed by atoms with E-state index >= 15 is 0 Å². The fourth-order valence-electron chi connectivity index (χ4n) is 3.89. The third-order valence-corrected chi connectivity index (χ3v) is 5.74. The van der Waals surface area contributed by atoms with E-state index < -0.39 is 5.97 Å². The highest BCUT2D eigenvalue weighted by Crippen LogP contribution is 2.38. The number of unbranched alkanes of at least 4 members (excludes halogenated alkanes) is 8. The van der Waals surface area contributed by atoms with E-state index in [1.807, 2.05) is 0 Å². The Hall–Kier alpha value is -1.71. The second kappa shape index (κ2) is 16.9. The molecule has 4 nitrogen and oxygen atoms in total. The van der Waals surface area contributed by atoms with Crippen molar-refractivity contribution in [2.75, 3.05) is 13.2 Å². The van der Waals surface area contributed by atoms with E-state index in [1.54, 1.807) is 0 Å². The average Bonchev–Trinajstić information content (AvgIpc) is 2.75. The molecule has 178 valence electrons. The zero-order valence-electron chi connectivity index (χ0n) is 20.6. The summed E-state index contributed by atoms with van der Waals surface area (Å²) < 4.78 is 12.2. The summed E-state index contributed by atoms with van der Waals surface area (Å²) in [7, 11) is 0. The highest BCUT2D eigenvalue weighted by molar-refractivity contribution is 5.94. The minimum atomic E-state index is -0.896. The van der Waals surface area contributed by atoms with Gasteiger partial charge in [-0.25, -0.2) is 4.79 Å². The van der Waals surface area contributed by atoms with E-state index in [9.17, 15) is 9.90 Å². The molecule has 0 bridgehead atoms. The van der Waals surface area contributed by atoms with E-state index in [2.05, 4.69) is 33.8 Å². The van der Waals surface area contributed by atoms with E-state index in [4.69, 9.17) is 9.47 Å². The molecule has 0 aliphatic heterocycles. The largest absolute Gasteiger partial charge is 0.490 e. The summed E-state index contributed by atoms with van der Waals surface area (Å²) in [5.41, 5.74) is 2.43. The van der Waals surface area contributed by atoms with Gasteiger partial charge in [0.1, 0.15) is 5.56 Å². The van der Waals surface area contributed by atoms with Crippen LogP contribution in [0, 0.1) is 0 Å². The lowest BCUT2D eigenvalue weighted by Gasteiger charge is -2.21. The fraction of sp³-hybridized carbons (Fsp3) is 0.741. The van der Waals surface area contributed by atoms with Gasteiger partial charge in [0.05, 0.1) is 13.2 Å². The van der Waals surface area contributed by atoms with Crippen LogP contribution in [0.5, 0.6) is 11.5 Å². The molecule has 0 saturated heterocycles. The van der Waals surface area contributed by atoms with Crippen LogP contribution in [-0.2, 0) is 12.8 Å². The predicted molar refractivity (Wildman–Crippen MR) is 130 cm³/mol. The highest BCUT2D eigenvalue weighted by Gasteiger charge is 2.25. The molecule has 1 aromatic carbocycles. The van der Waals surface area contributed by atoms with Crippen molar-refractivity contribution in [3.8, 4) is 11.5 Å². The first-order valence-corrected chi connectivity index (χ1v) is 12.8. The molecule has 0 fully saturated rings. The van der Waals surface area contributed by atoms with Gasteiger partial charge in [-0.05, 0) is 55.7 Å². The second-order valence-electron chi connectivity index (χ2n) is 8.55. The smallest absolute Gasteiger partial charge is 0.339 e. The summed E-state index contributed by atoms with van der Waals surface area (Å²) in [6, 6.07) is 2.09. The molecule has 0 heterocycles. The van der Waals surface area contributed by atoms with Gasteiger partial charge in [-0.15, -0.1) is 0 Å². The van der Waals surface area contributed by atoms with Crippen LogP contribution in [0.2, 0.25) is 0 Å². The maximum Gasteiger partial charge on any atom is 0.339 e. The SMILES string of the molecule is CCCCCOc1cc(CCCCC)c(CCCCC)c(C(=O)O)c1OCCCCC. The summed E-state index contributed by atoms with van der Waals surface area (Å²) in [6.07, 6.45) is 14.6. The van der Waals surface area contributed by atoms with Crippen molar-refractivity contribution in [2.24, 2.45) is 0 Å². The van der Waals surface area contributed by atoms with Crippen LogP contribution in [0.4, 0.5) is 0 Å². The Morgan fingerprint density at radius 2 is 1.26 bits per heavy atom. The Kier molecular flexibility index (Phi) is 14.9. The maximum atomic E-state index is 12.4. The molecule has 1 N–H and O–H groups in total. The molecule has 0 aliphatic carbocycles. The summed E-state index contributed by atoms with van der Waals surface area (Å²) in [5.74, 6) is 0.175. The number of ether oxygens (including phenoxy) is 2. The third kappa shape index (κ3) is 9.97. The third-order valence-electron chi connectivity index (χ3n) is 5.74. The van der Waals surface area contributed by atoms with Gasteiger partial charge >= 0.3 is 5.97 Å². The van der Waals surface area contributed by atoms with Crippen molar-refractivity contribution in [1.82, 2.24) is 0 Å². The minimum absolute atomic E-state index is 0.340. The molecule has 0 spiro atoms. The van der Waals surface area contributed by atoms with Crippen molar-refractivity contribution in [2.45, 2.75) is 118 Å². The first kappa shape index (κ1) is 27.3. The molecular weight excluding hydrogens is 388 g/mol. The normalized spacial score (nSPS) is 11.0. The topological polar surface area (TPSA) is 55.8 Å². The quantitative estimate of drug-likeness (QED) is 0.224. The molecule has 0 aromatic heterocycles. The lowest BCUT2D eigenvalue weighted by atomic mass is 9.91. The van der Waals surface area contributed by atoms with Gasteiger partial charge in [0.15, 0.2) is 11.5 Å². The number of carboxylic acid groups (broad SMARTS) is 1. The van der Waals surface area contributed by atoms with Crippen LogP contribution in [0.1, 0.15) is 126 Å². The Labute approximate surface area is 190 Å². The molecule has 0 amide bonds. The van der Waals surface area contributed by atoms with Crippen molar-refractivity contribution < 1.29 is 19.4 Å². The standard InChI is InChI=1S/C27H46O4/c1-5-9-13-17-22-21-24(30-19-15-11-7-3)26(31-20-16-12-8-4)25(27(28)29)23(22)18-14-10-6-2/h21H,5-20H2,1-4H3,(H,28,29). The summed E-state index contributed by atoms with van der Waals surface area (Å²) in [4.78, 5) is 12.4. The molecule has 0 aliphatic rings. The van der Waals surface area contributed by atoms with Gasteiger partial charge < -0.3 is 14.6 Å². The van der Waals surface area contributed by atoms with Gasteiger partial charge in [-0.2, -0.15) is 0 Å². The monoisotopic (exact) mass is 434 g/mol. The Morgan fingerprint density at radius 1 is 0.742 bits per heavy atom. The molecule has 1 aromatic rings. The second-order valence-corrected chi connectivity index (χ2v) is 8.55. The van der Waals surface area contributed by atoms with Crippen LogP contribution in [0.25, 0.3) is 0 Å². The van der Waals surface area contributed by atoms with Crippen LogP contribution in [0.15, 0.2) is 6.07 Å². The number of aromatic carboxylic acids is 1. The first-order chi connectivity index (χ1) is 15.1. The summed E-state index contributed by atoms with van der Waals surface area (Å²) in [6.45, 7) is 9.82. The molecule has 31 heavy (non-hydrogen) atoms. The maximum absolute atomic E-state index is 12.4. The van der Waals surface area contributed by atoms with E-state index in [0.29, 0.717) is 30.3 Å². The number of hydrogen-bond acceptors (Lipinski definition) is 3. The summed E-state index contributed by atoms with van der Waals surface area (Å²) in [5, 5.41) is 10.2. The first-order valence-electron chi connectivity index (χ1n) is 12.8. The Balaban J connectivity index is 3.34. The van der Waals surface area contributed by atoms with E-state index in [-0.39, 0.29) is 0 Å². The van der Waals surface area contributed by atoms with Crippen LogP contribution < -0.4 is 9.47 Å². The lowest BCUT2D eigenvalue weighted by molar-refractivity contribution is 0.0689. The summed E-state index contributed by atoms with van der Waals surface area (Å²) >= 11 is 0. The van der Waals surface area contributed by atoms with Gasteiger partial charge in [-0.1, -0.05) is 79.1 Å². The van der Waals surface area contributed by atoms with Gasteiger partial charge in [-0.3, -0.25) is 0 Å². The van der Waals surface area contributed by atoms with Crippen LogP contribution >= 0.6 is 0 Å². The molecule has 1 rings (SSSR count). The zero-order valence-corrected chi connectivity index (χ0v) is 20.6. The Morgan fingerprint density at radius 3 is 1.81 bits per heavy atom. The van der Waals surface area contributed by atoms with Gasteiger partial charge in [0.25, 0.3) is 0 Å². The minimum Gasteiger partial charge on any atom is -0.490 e. The van der Waals surface area contributed by atoms with Gasteiger partial charge in [0, 0.05) is 0 Å². The number of aryl methyl sites for hydroxylation is 1. The molecule has 4 heteroatoms. The number of hydrogen-bond donors (Lipinski definition) is 1. The lowest BCUT2D eigenvalue weighted by Crippen LogP contribution is -2.13. The van der Waals surface area contributed by atoms with Gasteiger partial charge in [0.2, 0.25) is 0 Å². The fourth-order valence-corrected chi connectivity index (χ4v) is 3.89. The van der Waals surface area contributed by atoms with Crippen LogP contribution in [0.3, 0.4) is 0 Å². The zero-order chi connectivity index (χ0) is 22.9. The average molecular weight is 435 g/mol. The number of carboxylic acids is 1. The highest BCUT2D eigenvalue weighted by atomic mass is 16.5. The van der Waals surface area contributed by atoms with E-state index in [0.717, 1.165) is 101 Å². The van der Waals surface area contributed by atoms with Crippen LogP contribution in [-0.4, -0.2) is 24.3 Å². The molecule has 0 radical (unpaired) electrons.